The zero-order valence-electron chi connectivity index (χ0n) is 18.4. The molecule has 0 aliphatic heterocycles. The maximum Gasteiger partial charge on any atom is 0.573 e. The topological polar surface area (TPSA) is 70.2 Å². The van der Waals surface area contributed by atoms with Crippen molar-refractivity contribution in [3.05, 3.63) is 59.9 Å². The molecule has 0 radical (unpaired) electrons. The number of rotatable bonds is 7. The first-order valence-corrected chi connectivity index (χ1v) is 11.2. The van der Waals surface area contributed by atoms with Gasteiger partial charge in [-0.15, -0.1) is 13.2 Å². The first kappa shape index (κ1) is 23.1. The molecule has 6 nitrogen and oxygen atoms in total. The fourth-order valence-corrected chi connectivity index (χ4v) is 4.50. The Hall–Kier alpha value is -3.07. The van der Waals surface area contributed by atoms with E-state index in [0.29, 0.717) is 24.5 Å². The highest BCUT2D eigenvalue weighted by Crippen LogP contribution is 2.26. The van der Waals surface area contributed by atoms with Gasteiger partial charge in [-0.05, 0) is 62.4 Å². The minimum absolute atomic E-state index is 0.0712. The van der Waals surface area contributed by atoms with Crippen molar-refractivity contribution in [3.63, 3.8) is 0 Å². The number of nitrogens with zero attached hydrogens (tertiary/aromatic N) is 2. The van der Waals surface area contributed by atoms with Gasteiger partial charge in [-0.25, -0.2) is 4.98 Å². The van der Waals surface area contributed by atoms with Crippen molar-refractivity contribution in [1.82, 2.24) is 20.2 Å². The van der Waals surface area contributed by atoms with Gasteiger partial charge in [0, 0.05) is 25.2 Å². The standard InChI is InChI=1S/C24H27F3N4O2/c1-2-31(23(32)22-29-20-11-3-4-12-21(20)30-22)18-9-6-8-17(14-18)28-15-16-7-5-10-19(13-16)33-24(25,26)27/h3-5,7,10-13,17-18,28H,2,6,8-9,14-15H2,1H3,(H,29,30)/t17-,18+/m1/s1. The van der Waals surface area contributed by atoms with Gasteiger partial charge < -0.3 is 19.9 Å². The van der Waals surface area contributed by atoms with Gasteiger partial charge in [0.2, 0.25) is 0 Å². The van der Waals surface area contributed by atoms with Crippen LogP contribution in [-0.4, -0.2) is 45.8 Å². The molecule has 1 amide bonds. The number of hydrogen-bond acceptors (Lipinski definition) is 4. The molecule has 1 aromatic heterocycles. The fraction of sp³-hybridized carbons (Fsp3) is 0.417. The molecule has 4 rings (SSSR count). The molecule has 0 unspecified atom stereocenters. The molecule has 0 bridgehead atoms. The first-order valence-electron chi connectivity index (χ1n) is 11.2. The predicted molar refractivity (Wildman–Crippen MR) is 119 cm³/mol. The van der Waals surface area contributed by atoms with Crippen molar-refractivity contribution in [1.29, 1.82) is 0 Å². The van der Waals surface area contributed by atoms with Gasteiger partial charge in [0.05, 0.1) is 11.0 Å². The number of aromatic amines is 1. The molecule has 176 valence electrons. The van der Waals surface area contributed by atoms with Crippen molar-refractivity contribution in [2.45, 2.75) is 57.6 Å². The molecule has 1 aliphatic carbocycles. The van der Waals surface area contributed by atoms with E-state index >= 15 is 0 Å². The van der Waals surface area contributed by atoms with Crippen molar-refractivity contribution < 1.29 is 22.7 Å². The largest absolute Gasteiger partial charge is 0.573 e. The summed E-state index contributed by atoms with van der Waals surface area (Å²) in [6, 6.07) is 13.8. The summed E-state index contributed by atoms with van der Waals surface area (Å²) in [4.78, 5) is 22.6. The van der Waals surface area contributed by atoms with Crippen LogP contribution in [0.1, 0.15) is 48.8 Å². The monoisotopic (exact) mass is 460 g/mol. The van der Waals surface area contributed by atoms with Crippen LogP contribution in [0.3, 0.4) is 0 Å². The zero-order valence-corrected chi connectivity index (χ0v) is 18.4. The highest BCUT2D eigenvalue weighted by molar-refractivity contribution is 5.94. The van der Waals surface area contributed by atoms with Crippen LogP contribution in [0.15, 0.2) is 48.5 Å². The smallest absolute Gasteiger partial charge is 0.406 e. The van der Waals surface area contributed by atoms with Crippen LogP contribution >= 0.6 is 0 Å². The predicted octanol–water partition coefficient (Wildman–Crippen LogP) is 5.02. The van der Waals surface area contributed by atoms with E-state index in [1.807, 2.05) is 36.1 Å². The molecule has 2 aromatic carbocycles. The number of benzene rings is 2. The minimum atomic E-state index is -4.71. The van der Waals surface area contributed by atoms with Gasteiger partial charge in [0.1, 0.15) is 5.75 Å². The lowest BCUT2D eigenvalue weighted by atomic mass is 9.89. The maximum absolute atomic E-state index is 13.2. The van der Waals surface area contributed by atoms with Crippen LogP contribution in [0.25, 0.3) is 11.0 Å². The molecular weight excluding hydrogens is 433 g/mol. The number of imidazole rings is 1. The highest BCUT2D eigenvalue weighted by atomic mass is 19.4. The van der Waals surface area contributed by atoms with Crippen LogP contribution in [0.2, 0.25) is 0 Å². The number of halogens is 3. The van der Waals surface area contributed by atoms with Crippen LogP contribution < -0.4 is 10.1 Å². The number of amides is 1. The molecule has 2 N–H and O–H groups in total. The number of para-hydroxylation sites is 2. The number of ether oxygens (including phenoxy) is 1. The van der Waals surface area contributed by atoms with Crippen molar-refractivity contribution >= 4 is 16.9 Å². The Morgan fingerprint density at radius 2 is 2.03 bits per heavy atom. The van der Waals surface area contributed by atoms with Gasteiger partial charge in [0.15, 0.2) is 5.82 Å². The van der Waals surface area contributed by atoms with Gasteiger partial charge >= 0.3 is 6.36 Å². The summed E-state index contributed by atoms with van der Waals surface area (Å²) < 4.78 is 41.4. The lowest BCUT2D eigenvalue weighted by Gasteiger charge is -2.37. The molecule has 3 aromatic rings. The molecule has 1 fully saturated rings. The van der Waals surface area contributed by atoms with Crippen LogP contribution in [0, 0.1) is 0 Å². The summed E-state index contributed by atoms with van der Waals surface area (Å²) in [5, 5.41) is 3.44. The van der Waals surface area contributed by atoms with Gasteiger partial charge in [-0.2, -0.15) is 0 Å². The van der Waals surface area contributed by atoms with Crippen LogP contribution in [0.4, 0.5) is 13.2 Å². The second-order valence-corrected chi connectivity index (χ2v) is 8.29. The molecule has 0 spiro atoms. The van der Waals surface area contributed by atoms with Gasteiger partial charge in [0.25, 0.3) is 5.91 Å². The highest BCUT2D eigenvalue weighted by Gasteiger charge is 2.32. The van der Waals surface area contributed by atoms with E-state index in [9.17, 15) is 18.0 Å². The molecule has 9 heteroatoms. The summed E-state index contributed by atoms with van der Waals surface area (Å²) in [7, 11) is 0. The first-order chi connectivity index (χ1) is 15.8. The molecule has 1 aliphatic rings. The van der Waals surface area contributed by atoms with Crippen molar-refractivity contribution in [2.75, 3.05) is 6.54 Å². The number of aromatic nitrogens is 2. The van der Waals surface area contributed by atoms with E-state index in [-0.39, 0.29) is 23.7 Å². The Balaban J connectivity index is 1.38. The number of hydrogen-bond donors (Lipinski definition) is 2. The minimum Gasteiger partial charge on any atom is -0.406 e. The second kappa shape index (κ2) is 9.82. The summed E-state index contributed by atoms with van der Waals surface area (Å²) >= 11 is 0. The van der Waals surface area contributed by atoms with E-state index < -0.39 is 6.36 Å². The molecular formula is C24H27F3N4O2. The Morgan fingerprint density at radius 3 is 2.79 bits per heavy atom. The third-order valence-electron chi connectivity index (χ3n) is 6.01. The maximum atomic E-state index is 13.2. The number of carbonyl (C=O) groups excluding carboxylic acids is 1. The lowest BCUT2D eigenvalue weighted by Crippen LogP contribution is -2.47. The van der Waals surface area contributed by atoms with E-state index in [1.54, 1.807) is 12.1 Å². The number of nitrogens with one attached hydrogen (secondary N) is 2. The summed E-state index contributed by atoms with van der Waals surface area (Å²) in [5.74, 6) is 0.00266. The summed E-state index contributed by atoms with van der Waals surface area (Å²) in [5.41, 5.74) is 2.30. The molecule has 33 heavy (non-hydrogen) atoms. The SMILES string of the molecule is CCN(C(=O)c1nc2ccccc2[nH]1)[C@H]1CCC[C@@H](NCc2cccc(OC(F)(F)F)c2)C1. The third-order valence-corrected chi connectivity index (χ3v) is 6.01. The van der Waals surface area contributed by atoms with Gasteiger partial charge in [-0.3, -0.25) is 4.79 Å². The molecule has 2 atom stereocenters. The quantitative estimate of drug-likeness (QED) is 0.519. The Morgan fingerprint density at radius 1 is 1.21 bits per heavy atom. The second-order valence-electron chi connectivity index (χ2n) is 8.29. The van der Waals surface area contributed by atoms with Crippen LogP contribution in [0.5, 0.6) is 5.75 Å². The van der Waals surface area contributed by atoms with E-state index in [4.69, 9.17) is 0 Å². The van der Waals surface area contributed by atoms with Gasteiger partial charge in [-0.1, -0.05) is 24.3 Å². The molecule has 1 heterocycles. The Kier molecular flexibility index (Phi) is 6.88. The molecule has 1 saturated carbocycles. The average Bonchev–Trinajstić information content (AvgIpc) is 3.22. The van der Waals surface area contributed by atoms with Crippen LogP contribution in [-0.2, 0) is 6.54 Å². The Labute approximate surface area is 190 Å². The summed E-state index contributed by atoms with van der Waals surface area (Å²) in [6.07, 6.45) is -1.11. The van der Waals surface area contributed by atoms with E-state index in [0.717, 1.165) is 36.7 Å². The lowest BCUT2D eigenvalue weighted by molar-refractivity contribution is -0.274. The average molecular weight is 461 g/mol. The molecule has 0 saturated heterocycles. The van der Waals surface area contributed by atoms with Crippen molar-refractivity contribution in [3.8, 4) is 5.75 Å². The van der Waals surface area contributed by atoms with E-state index in [2.05, 4.69) is 20.0 Å². The fourth-order valence-electron chi connectivity index (χ4n) is 4.50. The third kappa shape index (κ3) is 5.84. The Bertz CT molecular complexity index is 1070. The number of carbonyl (C=O) groups is 1. The van der Waals surface area contributed by atoms with E-state index in [1.165, 1.54) is 12.1 Å². The zero-order chi connectivity index (χ0) is 23.4. The number of fused-ring (bicyclic) bond motifs is 1. The van der Waals surface area contributed by atoms with Crippen molar-refractivity contribution in [2.24, 2.45) is 0 Å². The normalized spacial score (nSPS) is 18.9. The summed E-state index contributed by atoms with van der Waals surface area (Å²) in [6.45, 7) is 2.96. The number of H-pyrrole nitrogens is 1. The number of alkyl halides is 3.